The predicted molar refractivity (Wildman–Crippen MR) is 117 cm³/mol. The third kappa shape index (κ3) is 6.48. The van der Waals surface area contributed by atoms with Crippen molar-refractivity contribution in [1.29, 1.82) is 0 Å². The van der Waals surface area contributed by atoms with Crippen LogP contribution in [-0.4, -0.2) is 83.3 Å². The number of piperazine rings is 1. The molecule has 1 fully saturated rings. The fourth-order valence-corrected chi connectivity index (χ4v) is 2.93. The zero-order chi connectivity index (χ0) is 18.2. The lowest BCUT2D eigenvalue weighted by atomic mass is 10.2. The van der Waals surface area contributed by atoms with Gasteiger partial charge in [-0.3, -0.25) is 9.89 Å². The minimum Gasteiger partial charge on any atom is -0.497 e. The number of aliphatic imine (C=N–C) groups is 1. The molecular formula is C18H32IN5O2. The van der Waals surface area contributed by atoms with E-state index >= 15 is 0 Å². The smallest absolute Gasteiger partial charge is 0.191 e. The molecule has 0 aromatic heterocycles. The molecule has 1 unspecified atom stereocenters. The molecule has 0 saturated carbocycles. The second-order valence-electron chi connectivity index (χ2n) is 6.38. The molecule has 0 aliphatic carbocycles. The van der Waals surface area contributed by atoms with Gasteiger partial charge in [-0.05, 0) is 26.2 Å². The van der Waals surface area contributed by atoms with Crippen molar-refractivity contribution in [3.8, 4) is 11.5 Å². The highest BCUT2D eigenvalue weighted by molar-refractivity contribution is 14.0. The third-order valence-corrected chi connectivity index (χ3v) is 4.65. The monoisotopic (exact) mass is 477 g/mol. The summed E-state index contributed by atoms with van der Waals surface area (Å²) in [6.07, 6.45) is 0. The predicted octanol–water partition coefficient (Wildman–Crippen LogP) is 1.23. The number of benzene rings is 1. The minimum absolute atomic E-state index is 0. The highest BCUT2D eigenvalue weighted by Gasteiger charge is 2.22. The van der Waals surface area contributed by atoms with Gasteiger partial charge in [-0.25, -0.2) is 0 Å². The van der Waals surface area contributed by atoms with Gasteiger partial charge >= 0.3 is 0 Å². The first-order chi connectivity index (χ1) is 12.1. The van der Waals surface area contributed by atoms with E-state index < -0.39 is 0 Å². The lowest BCUT2D eigenvalue weighted by molar-refractivity contribution is 0.116. The van der Waals surface area contributed by atoms with Crippen LogP contribution in [0.3, 0.4) is 0 Å². The maximum absolute atomic E-state index is 5.44. The Bertz CT molecular complexity index is 585. The Morgan fingerprint density at radius 3 is 2.62 bits per heavy atom. The summed E-state index contributed by atoms with van der Waals surface area (Å²) in [5, 5.41) is 6.77. The molecule has 148 valence electrons. The molecule has 2 N–H and O–H groups in total. The maximum Gasteiger partial charge on any atom is 0.191 e. The van der Waals surface area contributed by atoms with E-state index in [4.69, 9.17) is 9.47 Å². The number of guanidine groups is 1. The summed E-state index contributed by atoms with van der Waals surface area (Å²) in [5.74, 6) is 2.38. The van der Waals surface area contributed by atoms with Gasteiger partial charge in [-0.2, -0.15) is 0 Å². The van der Waals surface area contributed by atoms with Gasteiger partial charge in [0.05, 0.1) is 14.2 Å². The van der Waals surface area contributed by atoms with E-state index in [-0.39, 0.29) is 24.0 Å². The van der Waals surface area contributed by atoms with E-state index in [2.05, 4.69) is 39.5 Å². The summed E-state index contributed by atoms with van der Waals surface area (Å²) < 4.78 is 10.7. The van der Waals surface area contributed by atoms with E-state index in [1.165, 1.54) is 0 Å². The Kier molecular flexibility index (Phi) is 10.0. The molecule has 1 aromatic rings. The van der Waals surface area contributed by atoms with E-state index in [0.29, 0.717) is 12.6 Å². The van der Waals surface area contributed by atoms with Crippen LogP contribution < -0.4 is 20.1 Å². The van der Waals surface area contributed by atoms with Gasteiger partial charge in [0.1, 0.15) is 11.5 Å². The van der Waals surface area contributed by atoms with Crippen molar-refractivity contribution in [2.75, 3.05) is 61.5 Å². The molecule has 1 saturated heterocycles. The van der Waals surface area contributed by atoms with E-state index in [1.807, 2.05) is 18.2 Å². The SMILES string of the molecule is CN=C(NCc1ccc(OC)cc1OC)NCC1CN(C)CCN1C.I. The number of hydrogen-bond acceptors (Lipinski definition) is 5. The molecule has 1 aromatic carbocycles. The largest absolute Gasteiger partial charge is 0.497 e. The van der Waals surface area contributed by atoms with E-state index in [0.717, 1.165) is 49.2 Å². The Hall–Kier alpha value is -1.26. The van der Waals surface area contributed by atoms with Crippen molar-refractivity contribution in [2.24, 2.45) is 4.99 Å². The van der Waals surface area contributed by atoms with E-state index in [1.54, 1.807) is 21.3 Å². The van der Waals surface area contributed by atoms with Crippen LogP contribution in [0.5, 0.6) is 11.5 Å². The van der Waals surface area contributed by atoms with Crippen LogP contribution in [0.15, 0.2) is 23.2 Å². The summed E-state index contributed by atoms with van der Waals surface area (Å²) in [7, 11) is 9.46. The highest BCUT2D eigenvalue weighted by Crippen LogP contribution is 2.24. The number of halogens is 1. The molecule has 1 aliphatic rings. The van der Waals surface area contributed by atoms with E-state index in [9.17, 15) is 0 Å². The lowest BCUT2D eigenvalue weighted by Crippen LogP contribution is -2.55. The molecular weight excluding hydrogens is 445 g/mol. The maximum atomic E-state index is 5.44. The van der Waals surface area contributed by atoms with Crippen LogP contribution in [0.1, 0.15) is 5.56 Å². The van der Waals surface area contributed by atoms with Crippen LogP contribution >= 0.6 is 24.0 Å². The molecule has 26 heavy (non-hydrogen) atoms. The zero-order valence-electron chi connectivity index (χ0n) is 16.4. The molecule has 1 heterocycles. The fraction of sp³-hybridized carbons (Fsp3) is 0.611. The minimum atomic E-state index is 0. The molecule has 0 spiro atoms. The highest BCUT2D eigenvalue weighted by atomic mass is 127. The molecule has 8 heteroatoms. The Morgan fingerprint density at radius 1 is 1.19 bits per heavy atom. The molecule has 0 radical (unpaired) electrons. The van der Waals surface area contributed by atoms with Crippen molar-refractivity contribution < 1.29 is 9.47 Å². The summed E-state index contributed by atoms with van der Waals surface area (Å²) in [6.45, 7) is 4.77. The number of likely N-dealkylation sites (N-methyl/N-ethyl adjacent to an activating group) is 2. The van der Waals surface area contributed by atoms with Crippen molar-refractivity contribution in [1.82, 2.24) is 20.4 Å². The normalized spacial score (nSPS) is 18.8. The summed E-state index contributed by atoms with van der Waals surface area (Å²) in [6, 6.07) is 6.30. The Labute approximate surface area is 174 Å². The zero-order valence-corrected chi connectivity index (χ0v) is 18.7. The molecule has 1 atom stereocenters. The van der Waals surface area contributed by atoms with Gasteiger partial charge in [0, 0.05) is 57.4 Å². The topological polar surface area (TPSA) is 61.4 Å². The number of rotatable bonds is 6. The molecule has 1 aliphatic heterocycles. The van der Waals surface area contributed by atoms with Crippen molar-refractivity contribution in [3.63, 3.8) is 0 Å². The van der Waals surface area contributed by atoms with Crippen LogP contribution in [0, 0.1) is 0 Å². The fourth-order valence-electron chi connectivity index (χ4n) is 2.93. The Balaban J connectivity index is 0.00000338. The van der Waals surface area contributed by atoms with Crippen LogP contribution in [0.25, 0.3) is 0 Å². The second-order valence-corrected chi connectivity index (χ2v) is 6.38. The van der Waals surface area contributed by atoms with Crippen LogP contribution in [0.2, 0.25) is 0 Å². The van der Waals surface area contributed by atoms with Gasteiger partial charge in [0.15, 0.2) is 5.96 Å². The van der Waals surface area contributed by atoms with Crippen molar-refractivity contribution in [2.45, 2.75) is 12.6 Å². The van der Waals surface area contributed by atoms with Gasteiger partial charge < -0.3 is 25.0 Å². The lowest BCUT2D eigenvalue weighted by Gasteiger charge is -2.37. The summed E-state index contributed by atoms with van der Waals surface area (Å²) in [5.41, 5.74) is 1.06. The molecule has 7 nitrogen and oxygen atoms in total. The average molecular weight is 477 g/mol. The van der Waals surface area contributed by atoms with Gasteiger partial charge in [-0.15, -0.1) is 24.0 Å². The van der Waals surface area contributed by atoms with Crippen molar-refractivity contribution >= 4 is 29.9 Å². The van der Waals surface area contributed by atoms with Gasteiger partial charge in [-0.1, -0.05) is 0 Å². The average Bonchev–Trinajstić information content (AvgIpc) is 2.64. The first-order valence-electron chi connectivity index (χ1n) is 8.61. The third-order valence-electron chi connectivity index (χ3n) is 4.65. The first-order valence-corrected chi connectivity index (χ1v) is 8.61. The van der Waals surface area contributed by atoms with Gasteiger partial charge in [0.2, 0.25) is 0 Å². The molecule has 2 rings (SSSR count). The number of hydrogen-bond donors (Lipinski definition) is 2. The van der Waals surface area contributed by atoms with Gasteiger partial charge in [0.25, 0.3) is 0 Å². The van der Waals surface area contributed by atoms with Crippen LogP contribution in [0.4, 0.5) is 0 Å². The summed E-state index contributed by atoms with van der Waals surface area (Å²) in [4.78, 5) is 9.08. The van der Waals surface area contributed by atoms with Crippen LogP contribution in [-0.2, 0) is 6.54 Å². The number of methoxy groups -OCH3 is 2. The number of nitrogens with zero attached hydrogens (tertiary/aromatic N) is 3. The number of ether oxygens (including phenoxy) is 2. The van der Waals surface area contributed by atoms with Crippen molar-refractivity contribution in [3.05, 3.63) is 23.8 Å². The molecule has 0 amide bonds. The standard InChI is InChI=1S/C18H31N5O2.HI/c1-19-18(21-12-15-13-22(2)8-9-23(15)3)20-11-14-6-7-16(24-4)10-17(14)25-5;/h6-7,10,15H,8-9,11-13H2,1-5H3,(H2,19,20,21);1H. The number of nitrogens with one attached hydrogen (secondary N) is 2. The quantitative estimate of drug-likeness (QED) is 0.365. The first kappa shape index (κ1) is 22.8. The Morgan fingerprint density at radius 2 is 1.96 bits per heavy atom. The summed E-state index contributed by atoms with van der Waals surface area (Å²) >= 11 is 0. The second kappa shape index (κ2) is 11.5. The molecule has 0 bridgehead atoms.